The summed E-state index contributed by atoms with van der Waals surface area (Å²) in [4.78, 5) is 3.04. The first-order valence-corrected chi connectivity index (χ1v) is 10.5. The highest BCUT2D eigenvalue weighted by Gasteiger charge is 2.60. The Kier molecular flexibility index (Phi) is 4.96. The van der Waals surface area contributed by atoms with Gasteiger partial charge in [-0.3, -0.25) is 0 Å². The lowest BCUT2D eigenvalue weighted by Gasteiger charge is -2.39. The minimum atomic E-state index is 0.493. The first-order chi connectivity index (χ1) is 13.4. The van der Waals surface area contributed by atoms with Gasteiger partial charge in [-0.1, -0.05) is 69.3 Å². The molecule has 28 heavy (non-hydrogen) atoms. The zero-order valence-corrected chi connectivity index (χ0v) is 17.3. The fraction of sp³-hybridized carbons (Fsp3) is 0.440. The van der Waals surface area contributed by atoms with Crippen LogP contribution in [0.15, 0.2) is 60.7 Å². The Balaban J connectivity index is 0.000000162. The number of benzene rings is 2. The smallest absolute Gasteiger partial charge is 0.101 e. The number of H-pyrrole nitrogens is 1. The number of hydrogen-bond donors (Lipinski definition) is 3. The van der Waals surface area contributed by atoms with Gasteiger partial charge < -0.3 is 16.0 Å². The van der Waals surface area contributed by atoms with Crippen LogP contribution in [0.3, 0.4) is 0 Å². The van der Waals surface area contributed by atoms with E-state index in [-0.39, 0.29) is 0 Å². The third-order valence-electron chi connectivity index (χ3n) is 7.74. The third kappa shape index (κ3) is 3.33. The largest absolute Gasteiger partial charge is 0.385 e. The number of anilines is 1. The number of aromatic amines is 1. The van der Waals surface area contributed by atoms with Gasteiger partial charge in [0, 0.05) is 23.5 Å². The average Bonchev–Trinajstić information content (AvgIpc) is 3.24. The lowest BCUT2D eigenvalue weighted by Crippen LogP contribution is -2.44. The van der Waals surface area contributed by atoms with Crippen molar-refractivity contribution < 1.29 is 0 Å². The molecule has 0 unspecified atom stereocenters. The van der Waals surface area contributed by atoms with Crippen LogP contribution in [0.25, 0.3) is 10.9 Å². The van der Waals surface area contributed by atoms with E-state index in [1.165, 1.54) is 30.2 Å². The molecule has 3 atom stereocenters. The normalized spacial score (nSPS) is 27.5. The molecule has 3 nitrogen and oxygen atoms in total. The van der Waals surface area contributed by atoms with Crippen molar-refractivity contribution in [3.8, 4) is 0 Å². The van der Waals surface area contributed by atoms with Crippen LogP contribution in [0.1, 0.15) is 45.6 Å². The molecule has 0 spiro atoms. The van der Waals surface area contributed by atoms with Crippen molar-refractivity contribution in [3.05, 3.63) is 66.2 Å². The number of nitrogens with two attached hydrogens (primary N) is 1. The molecule has 4 N–H and O–H groups in total. The summed E-state index contributed by atoms with van der Waals surface area (Å²) in [7, 11) is 0. The van der Waals surface area contributed by atoms with Crippen LogP contribution in [-0.4, -0.2) is 11.0 Å². The molecule has 3 aromatic rings. The molecule has 148 valence electrons. The first kappa shape index (κ1) is 19.1. The molecule has 0 aliphatic heterocycles. The SMILES string of the molecule is CC1(C)[C@@H]2CC[C@]1(C)[C@H](NCc1ccccc1)C2.Nc1cc2ccccc2[nH]1. The Morgan fingerprint density at radius 2 is 1.75 bits per heavy atom. The first-order valence-electron chi connectivity index (χ1n) is 10.5. The molecule has 2 fully saturated rings. The number of nitrogens with one attached hydrogen (secondary N) is 2. The van der Waals surface area contributed by atoms with Crippen molar-refractivity contribution in [3.63, 3.8) is 0 Å². The highest BCUT2D eigenvalue weighted by atomic mass is 15.0. The average molecular weight is 376 g/mol. The van der Waals surface area contributed by atoms with Gasteiger partial charge in [0.15, 0.2) is 0 Å². The molecule has 1 heterocycles. The maximum atomic E-state index is 5.54. The highest BCUT2D eigenvalue weighted by Crippen LogP contribution is 2.65. The van der Waals surface area contributed by atoms with E-state index in [1.807, 2.05) is 30.3 Å². The Hall–Kier alpha value is -2.26. The maximum absolute atomic E-state index is 5.54. The third-order valence-corrected chi connectivity index (χ3v) is 7.74. The Bertz CT molecular complexity index is 894. The molecule has 2 saturated carbocycles. The molecule has 2 aromatic carbocycles. The second-order valence-corrected chi connectivity index (χ2v) is 9.34. The van der Waals surface area contributed by atoms with Gasteiger partial charge in [0.25, 0.3) is 0 Å². The van der Waals surface area contributed by atoms with Crippen LogP contribution in [0, 0.1) is 16.7 Å². The van der Waals surface area contributed by atoms with Gasteiger partial charge in [0.1, 0.15) is 5.82 Å². The van der Waals surface area contributed by atoms with Gasteiger partial charge in [0.2, 0.25) is 0 Å². The summed E-state index contributed by atoms with van der Waals surface area (Å²) < 4.78 is 0. The second kappa shape index (κ2) is 7.29. The van der Waals surface area contributed by atoms with Crippen molar-refractivity contribution in [1.82, 2.24) is 10.3 Å². The molecule has 5 rings (SSSR count). The van der Waals surface area contributed by atoms with E-state index in [9.17, 15) is 0 Å². The van der Waals surface area contributed by atoms with Gasteiger partial charge in [-0.2, -0.15) is 0 Å². The number of rotatable bonds is 3. The van der Waals surface area contributed by atoms with Crippen molar-refractivity contribution in [2.75, 3.05) is 5.73 Å². The molecular weight excluding hydrogens is 342 g/mol. The van der Waals surface area contributed by atoms with Crippen molar-refractivity contribution in [1.29, 1.82) is 0 Å². The van der Waals surface area contributed by atoms with Gasteiger partial charge in [-0.25, -0.2) is 0 Å². The minimum absolute atomic E-state index is 0.493. The lowest BCUT2D eigenvalue weighted by atomic mass is 9.69. The molecule has 0 saturated heterocycles. The number of para-hydroxylation sites is 1. The van der Waals surface area contributed by atoms with E-state index < -0.39 is 0 Å². The van der Waals surface area contributed by atoms with Crippen LogP contribution in [0.4, 0.5) is 5.82 Å². The van der Waals surface area contributed by atoms with Gasteiger partial charge in [0.05, 0.1) is 0 Å². The number of fused-ring (bicyclic) bond motifs is 3. The van der Waals surface area contributed by atoms with Crippen LogP contribution < -0.4 is 11.1 Å². The van der Waals surface area contributed by atoms with E-state index in [0.717, 1.165) is 23.8 Å². The van der Waals surface area contributed by atoms with Crippen molar-refractivity contribution in [2.45, 2.75) is 52.6 Å². The molecule has 0 radical (unpaired) electrons. The summed E-state index contributed by atoms with van der Waals surface area (Å²) >= 11 is 0. The predicted molar refractivity (Wildman–Crippen MR) is 119 cm³/mol. The topological polar surface area (TPSA) is 53.8 Å². The van der Waals surface area contributed by atoms with E-state index in [0.29, 0.717) is 16.9 Å². The van der Waals surface area contributed by atoms with E-state index in [1.54, 1.807) is 0 Å². The van der Waals surface area contributed by atoms with Gasteiger partial charge in [-0.15, -0.1) is 0 Å². The van der Waals surface area contributed by atoms with E-state index in [2.05, 4.69) is 61.4 Å². The summed E-state index contributed by atoms with van der Waals surface area (Å²) in [6.07, 6.45) is 4.21. The summed E-state index contributed by atoms with van der Waals surface area (Å²) in [5.41, 5.74) is 9.04. The number of aromatic nitrogens is 1. The summed E-state index contributed by atoms with van der Waals surface area (Å²) in [6.45, 7) is 8.48. The molecule has 3 heteroatoms. The number of hydrogen-bond acceptors (Lipinski definition) is 2. The zero-order valence-electron chi connectivity index (χ0n) is 17.3. The van der Waals surface area contributed by atoms with Crippen molar-refractivity contribution >= 4 is 16.7 Å². The highest BCUT2D eigenvalue weighted by molar-refractivity contribution is 5.83. The van der Waals surface area contributed by atoms with Crippen LogP contribution in [-0.2, 0) is 6.54 Å². The minimum Gasteiger partial charge on any atom is -0.385 e. The second-order valence-electron chi connectivity index (χ2n) is 9.34. The summed E-state index contributed by atoms with van der Waals surface area (Å²) in [5.74, 6) is 1.65. The molecule has 1 aromatic heterocycles. The summed E-state index contributed by atoms with van der Waals surface area (Å²) in [6, 6.07) is 21.4. The van der Waals surface area contributed by atoms with Gasteiger partial charge >= 0.3 is 0 Å². The predicted octanol–water partition coefficient (Wildman–Crippen LogP) is 5.74. The van der Waals surface area contributed by atoms with Gasteiger partial charge in [-0.05, 0) is 53.7 Å². The summed E-state index contributed by atoms with van der Waals surface area (Å²) in [5, 5.41) is 4.99. The van der Waals surface area contributed by atoms with Crippen molar-refractivity contribution in [2.24, 2.45) is 16.7 Å². The molecule has 0 amide bonds. The standard InChI is InChI=1S/C17H25N.C8H8N2/c1-16(2)14-9-10-17(16,3)15(11-14)18-12-13-7-5-4-6-8-13;9-8-5-6-3-1-2-4-7(6)10-8/h4-8,14-15,18H,9-12H2,1-3H3;1-5,10H,9H2/t14-,15-,17-;/m1./s1. The van der Waals surface area contributed by atoms with Crippen LogP contribution in [0.2, 0.25) is 0 Å². The Morgan fingerprint density at radius 1 is 1.04 bits per heavy atom. The zero-order chi connectivity index (χ0) is 19.8. The lowest BCUT2D eigenvalue weighted by molar-refractivity contribution is 0.120. The Labute approximate surface area is 168 Å². The van der Waals surface area contributed by atoms with Crippen LogP contribution >= 0.6 is 0 Å². The number of nitrogen functional groups attached to an aromatic ring is 1. The fourth-order valence-electron chi connectivity index (χ4n) is 5.45. The molecule has 2 aliphatic carbocycles. The molecule has 2 bridgehead atoms. The fourth-order valence-corrected chi connectivity index (χ4v) is 5.45. The quantitative estimate of drug-likeness (QED) is 0.546. The van der Waals surface area contributed by atoms with E-state index >= 15 is 0 Å². The Morgan fingerprint density at radius 3 is 2.39 bits per heavy atom. The van der Waals surface area contributed by atoms with E-state index in [4.69, 9.17) is 5.73 Å². The van der Waals surface area contributed by atoms with Crippen LogP contribution in [0.5, 0.6) is 0 Å². The maximum Gasteiger partial charge on any atom is 0.101 e. The monoisotopic (exact) mass is 375 g/mol. The molecular formula is C25H33N3. The molecule has 2 aliphatic rings.